The minimum absolute atomic E-state index is 0.0504. The number of alkyl carbamates (subject to hydrolysis) is 1. The molecule has 0 aromatic heterocycles. The van der Waals surface area contributed by atoms with Crippen molar-refractivity contribution in [3.8, 4) is 0 Å². The fourth-order valence-electron chi connectivity index (χ4n) is 0.659. The summed E-state index contributed by atoms with van der Waals surface area (Å²) >= 11 is 0. The number of ether oxygens (including phenoxy) is 1. The first-order chi connectivity index (χ1) is 5.61. The van der Waals surface area contributed by atoms with Gasteiger partial charge in [0.1, 0.15) is 0 Å². The van der Waals surface area contributed by atoms with Crippen molar-refractivity contribution in [1.82, 2.24) is 5.32 Å². The van der Waals surface area contributed by atoms with E-state index in [-0.39, 0.29) is 18.6 Å². The molecule has 0 fully saturated rings. The van der Waals surface area contributed by atoms with Crippen LogP contribution in [-0.2, 0) is 4.74 Å². The van der Waals surface area contributed by atoms with Crippen LogP contribution in [0.15, 0.2) is 0 Å². The number of aliphatic hydroxyl groups is 1. The Morgan fingerprint density at radius 2 is 2.17 bits per heavy atom. The number of aliphatic hydroxyl groups excluding tert-OH is 1. The number of amides is 1. The van der Waals surface area contributed by atoms with Gasteiger partial charge in [-0.3, -0.25) is 0 Å². The van der Waals surface area contributed by atoms with E-state index in [4.69, 9.17) is 5.11 Å². The highest BCUT2D eigenvalue weighted by Crippen LogP contribution is 2.00. The SMILES string of the molecule is CCOC(=O)NC(C)C(C)CO. The monoisotopic (exact) mass is 175 g/mol. The molecule has 12 heavy (non-hydrogen) atoms. The summed E-state index contributed by atoms with van der Waals surface area (Å²) in [5.41, 5.74) is 0. The summed E-state index contributed by atoms with van der Waals surface area (Å²) in [6.07, 6.45) is -0.426. The molecule has 0 aliphatic heterocycles. The molecule has 0 aliphatic rings. The van der Waals surface area contributed by atoms with Crippen LogP contribution in [0.25, 0.3) is 0 Å². The van der Waals surface area contributed by atoms with Gasteiger partial charge in [-0.15, -0.1) is 0 Å². The van der Waals surface area contributed by atoms with Crippen molar-refractivity contribution in [3.63, 3.8) is 0 Å². The maximum atomic E-state index is 10.9. The Kier molecular flexibility index (Phi) is 5.45. The van der Waals surface area contributed by atoms with Crippen molar-refractivity contribution in [3.05, 3.63) is 0 Å². The van der Waals surface area contributed by atoms with Gasteiger partial charge in [-0.05, 0) is 19.8 Å². The van der Waals surface area contributed by atoms with Crippen molar-refractivity contribution >= 4 is 6.09 Å². The van der Waals surface area contributed by atoms with Crippen LogP contribution in [0.4, 0.5) is 4.79 Å². The quantitative estimate of drug-likeness (QED) is 0.662. The van der Waals surface area contributed by atoms with Gasteiger partial charge in [-0.2, -0.15) is 0 Å². The topological polar surface area (TPSA) is 58.6 Å². The van der Waals surface area contributed by atoms with Gasteiger partial charge >= 0.3 is 6.09 Å². The highest BCUT2D eigenvalue weighted by molar-refractivity contribution is 5.67. The zero-order valence-corrected chi connectivity index (χ0v) is 7.83. The highest BCUT2D eigenvalue weighted by Gasteiger charge is 2.13. The number of nitrogens with one attached hydrogen (secondary N) is 1. The maximum absolute atomic E-state index is 10.9. The molecule has 2 unspecified atom stereocenters. The van der Waals surface area contributed by atoms with Gasteiger partial charge < -0.3 is 15.2 Å². The molecule has 0 bridgehead atoms. The van der Waals surface area contributed by atoms with Crippen molar-refractivity contribution in [2.45, 2.75) is 26.8 Å². The van der Waals surface area contributed by atoms with Gasteiger partial charge in [-0.1, -0.05) is 6.92 Å². The lowest BCUT2D eigenvalue weighted by molar-refractivity contribution is 0.139. The number of rotatable bonds is 4. The first-order valence-corrected chi connectivity index (χ1v) is 4.16. The van der Waals surface area contributed by atoms with Gasteiger partial charge in [-0.25, -0.2) is 4.79 Å². The second-order valence-corrected chi connectivity index (χ2v) is 2.81. The van der Waals surface area contributed by atoms with Crippen molar-refractivity contribution in [1.29, 1.82) is 0 Å². The molecule has 4 nitrogen and oxygen atoms in total. The normalized spacial score (nSPS) is 15.0. The highest BCUT2D eigenvalue weighted by atomic mass is 16.5. The Hall–Kier alpha value is -0.770. The molecule has 0 aromatic rings. The summed E-state index contributed by atoms with van der Waals surface area (Å²) in [7, 11) is 0. The van der Waals surface area contributed by atoms with Crippen LogP contribution in [-0.4, -0.2) is 30.5 Å². The molecule has 2 atom stereocenters. The zero-order chi connectivity index (χ0) is 9.56. The molecule has 0 spiro atoms. The minimum Gasteiger partial charge on any atom is -0.450 e. The van der Waals surface area contributed by atoms with Gasteiger partial charge in [0, 0.05) is 12.6 Å². The third-order valence-corrected chi connectivity index (χ3v) is 1.76. The predicted molar refractivity (Wildman–Crippen MR) is 45.9 cm³/mol. The van der Waals surface area contributed by atoms with E-state index in [1.165, 1.54) is 0 Å². The van der Waals surface area contributed by atoms with Crippen LogP contribution in [0.3, 0.4) is 0 Å². The summed E-state index contributed by atoms with van der Waals surface area (Å²) in [4.78, 5) is 10.9. The fraction of sp³-hybridized carbons (Fsp3) is 0.875. The molecular formula is C8H17NO3. The molecule has 0 heterocycles. The van der Waals surface area contributed by atoms with Crippen LogP contribution in [0, 0.1) is 5.92 Å². The summed E-state index contributed by atoms with van der Waals surface area (Å²) in [6.45, 7) is 5.87. The molecule has 0 aromatic carbocycles. The van der Waals surface area contributed by atoms with Gasteiger partial charge in [0.15, 0.2) is 0 Å². The van der Waals surface area contributed by atoms with Gasteiger partial charge in [0.05, 0.1) is 6.61 Å². The van der Waals surface area contributed by atoms with E-state index >= 15 is 0 Å². The molecule has 0 saturated heterocycles. The van der Waals surface area contributed by atoms with Gasteiger partial charge in [0.2, 0.25) is 0 Å². The lowest BCUT2D eigenvalue weighted by Gasteiger charge is -2.18. The molecular weight excluding hydrogens is 158 g/mol. The van der Waals surface area contributed by atoms with E-state index in [2.05, 4.69) is 10.1 Å². The van der Waals surface area contributed by atoms with Gasteiger partial charge in [0.25, 0.3) is 0 Å². The van der Waals surface area contributed by atoms with E-state index in [0.717, 1.165) is 0 Å². The summed E-state index contributed by atoms with van der Waals surface area (Å²) in [5.74, 6) is 0.0504. The molecule has 0 saturated carbocycles. The van der Waals surface area contributed by atoms with E-state index in [1.54, 1.807) is 6.92 Å². The second-order valence-electron chi connectivity index (χ2n) is 2.81. The second kappa shape index (κ2) is 5.83. The van der Waals surface area contributed by atoms with Crippen LogP contribution in [0.5, 0.6) is 0 Å². The summed E-state index contributed by atoms with van der Waals surface area (Å²) in [5, 5.41) is 11.4. The molecule has 4 heteroatoms. The van der Waals surface area contributed by atoms with Crippen LogP contribution < -0.4 is 5.32 Å². The average Bonchev–Trinajstić information content (AvgIpc) is 2.03. The standard InChI is InChI=1S/C8H17NO3/c1-4-12-8(11)9-7(3)6(2)5-10/h6-7,10H,4-5H2,1-3H3,(H,9,11). The largest absolute Gasteiger partial charge is 0.450 e. The van der Waals surface area contributed by atoms with E-state index in [0.29, 0.717) is 6.61 Å². The average molecular weight is 175 g/mol. The number of hydrogen-bond acceptors (Lipinski definition) is 3. The summed E-state index contributed by atoms with van der Waals surface area (Å²) in [6, 6.07) is -0.0611. The third kappa shape index (κ3) is 4.18. The summed E-state index contributed by atoms with van der Waals surface area (Å²) < 4.78 is 4.68. The Balaban J connectivity index is 3.67. The molecule has 2 N–H and O–H groups in total. The van der Waals surface area contributed by atoms with Crippen molar-refractivity contribution in [2.75, 3.05) is 13.2 Å². The van der Waals surface area contributed by atoms with Crippen LogP contribution >= 0.6 is 0 Å². The Bertz CT molecular complexity index is 138. The Morgan fingerprint density at radius 1 is 1.58 bits per heavy atom. The number of carbonyl (C=O) groups excluding carboxylic acids is 1. The Morgan fingerprint density at radius 3 is 2.58 bits per heavy atom. The molecule has 0 rings (SSSR count). The first-order valence-electron chi connectivity index (χ1n) is 4.16. The predicted octanol–water partition coefficient (Wildman–Crippen LogP) is 0.749. The van der Waals surface area contributed by atoms with E-state index < -0.39 is 6.09 Å². The fourth-order valence-corrected chi connectivity index (χ4v) is 0.659. The van der Waals surface area contributed by atoms with Crippen LogP contribution in [0.1, 0.15) is 20.8 Å². The lowest BCUT2D eigenvalue weighted by Crippen LogP contribution is -2.38. The first kappa shape index (κ1) is 11.2. The maximum Gasteiger partial charge on any atom is 0.407 e. The third-order valence-electron chi connectivity index (χ3n) is 1.76. The molecule has 72 valence electrons. The number of hydrogen-bond donors (Lipinski definition) is 2. The van der Waals surface area contributed by atoms with E-state index in [9.17, 15) is 4.79 Å². The Labute approximate surface area is 72.9 Å². The molecule has 1 amide bonds. The van der Waals surface area contributed by atoms with E-state index in [1.807, 2.05) is 13.8 Å². The molecule has 0 aliphatic carbocycles. The minimum atomic E-state index is -0.426. The van der Waals surface area contributed by atoms with Crippen LogP contribution in [0.2, 0.25) is 0 Å². The molecule has 0 radical (unpaired) electrons. The van der Waals surface area contributed by atoms with Crippen molar-refractivity contribution in [2.24, 2.45) is 5.92 Å². The number of carbonyl (C=O) groups is 1. The van der Waals surface area contributed by atoms with Crippen molar-refractivity contribution < 1.29 is 14.6 Å². The smallest absolute Gasteiger partial charge is 0.407 e. The lowest BCUT2D eigenvalue weighted by atomic mass is 10.1. The zero-order valence-electron chi connectivity index (χ0n) is 7.83.